The fourth-order valence-electron chi connectivity index (χ4n) is 2.73. The van der Waals surface area contributed by atoms with Gasteiger partial charge in [0.1, 0.15) is 0 Å². The van der Waals surface area contributed by atoms with E-state index < -0.39 is 0 Å². The van der Waals surface area contributed by atoms with Crippen molar-refractivity contribution < 1.29 is 0 Å². The molecule has 1 heteroatoms. The first-order valence-corrected chi connectivity index (χ1v) is 6.73. The summed E-state index contributed by atoms with van der Waals surface area (Å²) in [6.07, 6.45) is 7.06. The molecule has 0 saturated heterocycles. The quantitative estimate of drug-likeness (QED) is 0.679. The van der Waals surface area contributed by atoms with E-state index in [1.54, 1.807) is 20.9 Å². The summed E-state index contributed by atoms with van der Waals surface area (Å²) in [6, 6.07) is 0. The van der Waals surface area contributed by atoms with E-state index in [1.807, 2.05) is 0 Å². The van der Waals surface area contributed by atoms with E-state index in [2.05, 4.69) is 25.2 Å². The van der Waals surface area contributed by atoms with Crippen molar-refractivity contribution in [1.29, 1.82) is 0 Å². The number of aryl methyl sites for hydroxylation is 1. The van der Waals surface area contributed by atoms with Gasteiger partial charge in [-0.15, -0.1) is 11.3 Å². The predicted molar refractivity (Wildman–Crippen MR) is 62.4 cm³/mol. The van der Waals surface area contributed by atoms with Crippen LogP contribution in [0, 0.1) is 0 Å². The monoisotopic (exact) mass is 206 g/mol. The molecule has 2 aliphatic carbocycles. The van der Waals surface area contributed by atoms with Gasteiger partial charge >= 0.3 is 0 Å². The molecule has 0 N–H and O–H groups in total. The van der Waals surface area contributed by atoms with Gasteiger partial charge in [0.15, 0.2) is 0 Å². The van der Waals surface area contributed by atoms with E-state index in [0.717, 1.165) is 11.8 Å². The molecule has 0 aromatic carbocycles. The van der Waals surface area contributed by atoms with Gasteiger partial charge in [-0.3, -0.25) is 0 Å². The molecule has 3 rings (SSSR count). The number of thiophene rings is 1. The van der Waals surface area contributed by atoms with E-state index in [1.165, 1.54) is 32.1 Å². The largest absolute Gasteiger partial charge is 0.145 e. The Morgan fingerprint density at radius 2 is 2.00 bits per heavy atom. The SMILES string of the molecule is CC(C)c1c(C2CC2)sc2c1CCC2. The first kappa shape index (κ1) is 8.96. The van der Waals surface area contributed by atoms with Crippen molar-refractivity contribution in [3.8, 4) is 0 Å². The number of fused-ring (bicyclic) bond motifs is 1. The van der Waals surface area contributed by atoms with Gasteiger partial charge in [-0.1, -0.05) is 13.8 Å². The summed E-state index contributed by atoms with van der Waals surface area (Å²) < 4.78 is 0. The van der Waals surface area contributed by atoms with E-state index in [-0.39, 0.29) is 0 Å². The maximum atomic E-state index is 2.37. The molecule has 0 aliphatic heterocycles. The third kappa shape index (κ3) is 1.25. The first-order chi connectivity index (χ1) is 6.77. The normalized spacial score (nSPS) is 20.5. The van der Waals surface area contributed by atoms with Gasteiger partial charge in [-0.2, -0.15) is 0 Å². The maximum Gasteiger partial charge on any atom is 0.0117 e. The molecule has 0 atom stereocenters. The topological polar surface area (TPSA) is 0 Å². The minimum Gasteiger partial charge on any atom is -0.145 e. The molecule has 1 fully saturated rings. The number of hydrogen-bond acceptors (Lipinski definition) is 1. The summed E-state index contributed by atoms with van der Waals surface area (Å²) in [5.41, 5.74) is 3.51. The number of rotatable bonds is 2. The molecule has 2 aliphatic rings. The van der Waals surface area contributed by atoms with Gasteiger partial charge in [0, 0.05) is 9.75 Å². The lowest BCUT2D eigenvalue weighted by Crippen LogP contribution is -1.94. The maximum absolute atomic E-state index is 2.37. The predicted octanol–water partition coefficient (Wildman–Crippen LogP) is 4.24. The van der Waals surface area contributed by atoms with Gasteiger partial charge in [0.05, 0.1) is 0 Å². The Kier molecular flexibility index (Phi) is 1.98. The summed E-state index contributed by atoms with van der Waals surface area (Å²) >= 11 is 2.15. The lowest BCUT2D eigenvalue weighted by Gasteiger charge is -2.09. The van der Waals surface area contributed by atoms with E-state index in [0.29, 0.717) is 0 Å². The Bertz CT molecular complexity index is 356. The van der Waals surface area contributed by atoms with Crippen molar-refractivity contribution >= 4 is 11.3 Å². The molecular weight excluding hydrogens is 188 g/mol. The molecular formula is C13H18S. The van der Waals surface area contributed by atoms with Crippen LogP contribution >= 0.6 is 11.3 Å². The first-order valence-electron chi connectivity index (χ1n) is 5.91. The van der Waals surface area contributed by atoms with Gasteiger partial charge in [-0.05, 0) is 55.1 Å². The Labute approximate surface area is 90.3 Å². The lowest BCUT2D eigenvalue weighted by atomic mass is 9.96. The molecule has 76 valence electrons. The summed E-state index contributed by atoms with van der Waals surface area (Å²) in [4.78, 5) is 3.50. The van der Waals surface area contributed by atoms with Gasteiger partial charge in [-0.25, -0.2) is 0 Å². The van der Waals surface area contributed by atoms with Crippen molar-refractivity contribution in [2.45, 2.75) is 57.8 Å². The molecule has 0 bridgehead atoms. The average Bonchev–Trinajstić information content (AvgIpc) is 2.75. The molecule has 0 nitrogen and oxygen atoms in total. The van der Waals surface area contributed by atoms with Crippen LogP contribution in [0.4, 0.5) is 0 Å². The van der Waals surface area contributed by atoms with Crippen molar-refractivity contribution in [2.75, 3.05) is 0 Å². The zero-order valence-electron chi connectivity index (χ0n) is 9.10. The van der Waals surface area contributed by atoms with Crippen LogP contribution in [-0.2, 0) is 12.8 Å². The van der Waals surface area contributed by atoms with Crippen molar-refractivity contribution in [2.24, 2.45) is 0 Å². The summed E-state index contributed by atoms with van der Waals surface area (Å²) in [5, 5.41) is 0. The highest BCUT2D eigenvalue weighted by Gasteiger charge is 2.32. The van der Waals surface area contributed by atoms with Crippen LogP contribution in [0.5, 0.6) is 0 Å². The minimum atomic E-state index is 0.753. The van der Waals surface area contributed by atoms with Crippen LogP contribution in [0.15, 0.2) is 0 Å². The second-order valence-corrected chi connectivity index (χ2v) is 6.20. The van der Waals surface area contributed by atoms with Gasteiger partial charge in [0.25, 0.3) is 0 Å². The Morgan fingerprint density at radius 3 is 2.64 bits per heavy atom. The zero-order chi connectivity index (χ0) is 9.71. The summed E-state index contributed by atoms with van der Waals surface area (Å²) in [5.74, 6) is 1.71. The van der Waals surface area contributed by atoms with Gasteiger partial charge < -0.3 is 0 Å². The lowest BCUT2D eigenvalue weighted by molar-refractivity contribution is 0.825. The second-order valence-electron chi connectivity index (χ2n) is 5.06. The highest BCUT2D eigenvalue weighted by atomic mass is 32.1. The molecule has 0 amide bonds. The third-order valence-corrected chi connectivity index (χ3v) is 4.99. The van der Waals surface area contributed by atoms with Crippen molar-refractivity contribution in [3.05, 3.63) is 20.9 Å². The van der Waals surface area contributed by atoms with Crippen LogP contribution in [0.2, 0.25) is 0 Å². The molecule has 0 radical (unpaired) electrons. The van der Waals surface area contributed by atoms with Gasteiger partial charge in [0.2, 0.25) is 0 Å². The Hall–Kier alpha value is -0.300. The van der Waals surface area contributed by atoms with E-state index >= 15 is 0 Å². The zero-order valence-corrected chi connectivity index (χ0v) is 9.91. The summed E-state index contributed by atoms with van der Waals surface area (Å²) in [7, 11) is 0. The highest BCUT2D eigenvalue weighted by Crippen LogP contribution is 2.50. The third-order valence-electron chi connectivity index (χ3n) is 3.52. The second kappa shape index (κ2) is 3.10. The molecule has 0 spiro atoms. The minimum absolute atomic E-state index is 0.753. The molecule has 1 aromatic rings. The summed E-state index contributed by atoms with van der Waals surface area (Å²) in [6.45, 7) is 4.74. The van der Waals surface area contributed by atoms with Crippen LogP contribution in [0.1, 0.15) is 65.8 Å². The van der Waals surface area contributed by atoms with Crippen LogP contribution in [0.25, 0.3) is 0 Å². The van der Waals surface area contributed by atoms with E-state index in [9.17, 15) is 0 Å². The van der Waals surface area contributed by atoms with E-state index in [4.69, 9.17) is 0 Å². The van der Waals surface area contributed by atoms with Crippen molar-refractivity contribution in [3.63, 3.8) is 0 Å². The standard InChI is InChI=1S/C13H18S/c1-8(2)12-10-4-3-5-11(10)14-13(12)9-6-7-9/h8-9H,3-7H2,1-2H3. The fourth-order valence-corrected chi connectivity index (χ4v) is 4.45. The Balaban J connectivity index is 2.10. The molecule has 1 aromatic heterocycles. The molecule has 0 unspecified atom stereocenters. The molecule has 1 saturated carbocycles. The van der Waals surface area contributed by atoms with Crippen LogP contribution < -0.4 is 0 Å². The highest BCUT2D eigenvalue weighted by molar-refractivity contribution is 7.12. The average molecular weight is 206 g/mol. The number of hydrogen-bond donors (Lipinski definition) is 0. The van der Waals surface area contributed by atoms with Crippen LogP contribution in [-0.4, -0.2) is 0 Å². The van der Waals surface area contributed by atoms with Crippen LogP contribution in [0.3, 0.4) is 0 Å². The van der Waals surface area contributed by atoms with Crippen molar-refractivity contribution in [1.82, 2.24) is 0 Å². The molecule has 14 heavy (non-hydrogen) atoms. The fraction of sp³-hybridized carbons (Fsp3) is 0.692. The molecule has 1 heterocycles. The smallest absolute Gasteiger partial charge is 0.0117 e. The Morgan fingerprint density at radius 1 is 1.21 bits per heavy atom.